The summed E-state index contributed by atoms with van der Waals surface area (Å²) in [4.78, 5) is 3.24. The number of hydrogen-bond acceptors (Lipinski definition) is 1. The third kappa shape index (κ3) is 2.23. The van der Waals surface area contributed by atoms with Crippen LogP contribution in [0.1, 0.15) is 17.0 Å². The Kier molecular flexibility index (Phi) is 3.04. The van der Waals surface area contributed by atoms with Crippen LogP contribution in [0.2, 0.25) is 0 Å². The van der Waals surface area contributed by atoms with Gasteiger partial charge in [0.05, 0.1) is 12.0 Å². The van der Waals surface area contributed by atoms with Crippen LogP contribution in [-0.2, 0) is 6.42 Å². The number of aromatic nitrogens is 1. The Bertz CT molecular complexity index is 720. The highest BCUT2D eigenvalue weighted by Gasteiger charge is 2.15. The van der Waals surface area contributed by atoms with E-state index < -0.39 is 0 Å². The van der Waals surface area contributed by atoms with Gasteiger partial charge in [0.25, 0.3) is 0 Å². The fourth-order valence-corrected chi connectivity index (χ4v) is 2.46. The Balaban J connectivity index is 1.97. The van der Waals surface area contributed by atoms with Crippen LogP contribution >= 0.6 is 0 Å². The van der Waals surface area contributed by atoms with Crippen molar-refractivity contribution in [2.75, 3.05) is 0 Å². The Morgan fingerprint density at radius 3 is 2.53 bits per heavy atom. The van der Waals surface area contributed by atoms with E-state index in [-0.39, 0.29) is 5.92 Å². The quantitative estimate of drug-likeness (QED) is 0.745. The van der Waals surface area contributed by atoms with Crippen molar-refractivity contribution in [1.82, 2.24) is 4.98 Å². The molecule has 0 aliphatic rings. The molecule has 0 saturated heterocycles. The number of para-hydroxylation sites is 1. The molecule has 2 nitrogen and oxygen atoms in total. The summed E-state index contributed by atoms with van der Waals surface area (Å²) in [6.07, 6.45) is 2.71. The molecule has 19 heavy (non-hydrogen) atoms. The van der Waals surface area contributed by atoms with E-state index in [0.717, 1.165) is 22.9 Å². The fourth-order valence-electron chi connectivity index (χ4n) is 2.46. The van der Waals surface area contributed by atoms with E-state index in [9.17, 15) is 5.26 Å². The first-order valence-corrected chi connectivity index (χ1v) is 6.38. The van der Waals surface area contributed by atoms with Crippen LogP contribution in [0.4, 0.5) is 0 Å². The van der Waals surface area contributed by atoms with Gasteiger partial charge in [-0.3, -0.25) is 0 Å². The molecule has 1 heterocycles. The summed E-state index contributed by atoms with van der Waals surface area (Å²) in [5, 5.41) is 10.6. The lowest BCUT2D eigenvalue weighted by Gasteiger charge is -2.08. The van der Waals surface area contributed by atoms with Gasteiger partial charge in [0.15, 0.2) is 0 Å². The molecule has 0 aliphatic carbocycles. The first-order chi connectivity index (χ1) is 9.38. The smallest absolute Gasteiger partial charge is 0.0773 e. The van der Waals surface area contributed by atoms with Crippen molar-refractivity contribution in [3.05, 3.63) is 71.9 Å². The van der Waals surface area contributed by atoms with Crippen LogP contribution in [0, 0.1) is 11.3 Å². The summed E-state index contributed by atoms with van der Waals surface area (Å²) in [6, 6.07) is 20.7. The van der Waals surface area contributed by atoms with E-state index in [1.165, 1.54) is 5.56 Å². The third-order valence-corrected chi connectivity index (χ3v) is 3.44. The van der Waals surface area contributed by atoms with Gasteiger partial charge in [-0.15, -0.1) is 0 Å². The number of aromatic amines is 1. The Labute approximate surface area is 112 Å². The zero-order valence-corrected chi connectivity index (χ0v) is 10.5. The van der Waals surface area contributed by atoms with E-state index in [2.05, 4.69) is 29.3 Å². The predicted octanol–water partition coefficient (Wildman–Crippen LogP) is 4.02. The van der Waals surface area contributed by atoms with E-state index in [1.807, 2.05) is 42.6 Å². The van der Waals surface area contributed by atoms with Crippen molar-refractivity contribution in [3.63, 3.8) is 0 Å². The summed E-state index contributed by atoms with van der Waals surface area (Å²) in [5.41, 5.74) is 3.37. The second-order valence-electron chi connectivity index (χ2n) is 4.66. The highest BCUT2D eigenvalue weighted by Crippen LogP contribution is 2.27. The number of benzene rings is 2. The minimum atomic E-state index is -0.112. The van der Waals surface area contributed by atoms with Crippen LogP contribution in [-0.4, -0.2) is 4.98 Å². The van der Waals surface area contributed by atoms with Gasteiger partial charge in [-0.1, -0.05) is 48.5 Å². The second kappa shape index (κ2) is 4.99. The fraction of sp³-hybridized carbons (Fsp3) is 0.118. The molecule has 0 aliphatic heterocycles. The molecule has 0 spiro atoms. The van der Waals surface area contributed by atoms with Crippen LogP contribution in [0.3, 0.4) is 0 Å². The zero-order valence-electron chi connectivity index (χ0n) is 10.5. The molecule has 2 aromatic carbocycles. The van der Waals surface area contributed by atoms with E-state index in [4.69, 9.17) is 0 Å². The summed E-state index contributed by atoms with van der Waals surface area (Å²) >= 11 is 0. The van der Waals surface area contributed by atoms with Crippen LogP contribution < -0.4 is 0 Å². The topological polar surface area (TPSA) is 39.6 Å². The first-order valence-electron chi connectivity index (χ1n) is 6.38. The van der Waals surface area contributed by atoms with Gasteiger partial charge in [-0.25, -0.2) is 0 Å². The molecule has 0 saturated carbocycles. The van der Waals surface area contributed by atoms with Gasteiger partial charge in [-0.05, 0) is 23.6 Å². The summed E-state index contributed by atoms with van der Waals surface area (Å²) in [5.74, 6) is -0.112. The maximum Gasteiger partial charge on any atom is 0.0773 e. The van der Waals surface area contributed by atoms with Crippen molar-refractivity contribution in [1.29, 1.82) is 5.26 Å². The SMILES string of the molecule is N#CC(Cc1ccccc1)c1c[nH]c2ccccc12. The van der Waals surface area contributed by atoms with E-state index in [0.29, 0.717) is 0 Å². The first kappa shape index (κ1) is 11.6. The highest BCUT2D eigenvalue weighted by atomic mass is 14.7. The van der Waals surface area contributed by atoms with Crippen molar-refractivity contribution in [2.24, 2.45) is 0 Å². The zero-order chi connectivity index (χ0) is 13.1. The average Bonchev–Trinajstić information content (AvgIpc) is 2.90. The Morgan fingerprint density at radius 2 is 1.74 bits per heavy atom. The number of nitriles is 1. The number of nitrogens with zero attached hydrogens (tertiary/aromatic N) is 1. The number of hydrogen-bond donors (Lipinski definition) is 1. The lowest BCUT2D eigenvalue weighted by molar-refractivity contribution is 0.856. The standard InChI is InChI=1S/C17H14N2/c18-11-14(10-13-6-2-1-3-7-13)16-12-19-17-9-5-4-8-15(16)17/h1-9,12,14,19H,10H2. The van der Waals surface area contributed by atoms with E-state index in [1.54, 1.807) is 0 Å². The molecule has 3 aromatic rings. The van der Waals surface area contributed by atoms with Gasteiger partial charge in [0, 0.05) is 17.1 Å². The molecule has 92 valence electrons. The Morgan fingerprint density at radius 1 is 1.00 bits per heavy atom. The molecule has 1 aromatic heterocycles. The highest BCUT2D eigenvalue weighted by molar-refractivity contribution is 5.84. The van der Waals surface area contributed by atoms with Gasteiger partial charge in [0.1, 0.15) is 0 Å². The second-order valence-corrected chi connectivity index (χ2v) is 4.66. The molecular weight excluding hydrogens is 232 g/mol. The molecule has 1 unspecified atom stereocenters. The van der Waals surface area contributed by atoms with Crippen molar-refractivity contribution in [3.8, 4) is 6.07 Å². The maximum absolute atomic E-state index is 9.45. The average molecular weight is 246 g/mol. The van der Waals surface area contributed by atoms with Gasteiger partial charge < -0.3 is 4.98 Å². The van der Waals surface area contributed by atoms with Crippen LogP contribution in [0.5, 0.6) is 0 Å². The number of H-pyrrole nitrogens is 1. The largest absolute Gasteiger partial charge is 0.361 e. The molecule has 1 N–H and O–H groups in total. The lowest BCUT2D eigenvalue weighted by atomic mass is 9.93. The Hall–Kier alpha value is -2.53. The molecule has 0 fully saturated rings. The summed E-state index contributed by atoms with van der Waals surface area (Å²) in [6.45, 7) is 0. The minimum Gasteiger partial charge on any atom is -0.361 e. The molecular formula is C17H14N2. The van der Waals surface area contributed by atoms with E-state index >= 15 is 0 Å². The number of nitrogens with one attached hydrogen (secondary N) is 1. The minimum absolute atomic E-state index is 0.112. The van der Waals surface area contributed by atoms with Crippen molar-refractivity contribution in [2.45, 2.75) is 12.3 Å². The molecule has 0 bridgehead atoms. The summed E-state index contributed by atoms with van der Waals surface area (Å²) < 4.78 is 0. The lowest BCUT2D eigenvalue weighted by Crippen LogP contribution is -1.99. The van der Waals surface area contributed by atoms with Crippen molar-refractivity contribution < 1.29 is 0 Å². The molecule has 0 amide bonds. The molecule has 3 rings (SSSR count). The summed E-state index contributed by atoms with van der Waals surface area (Å²) in [7, 11) is 0. The van der Waals surface area contributed by atoms with Crippen molar-refractivity contribution >= 4 is 10.9 Å². The van der Waals surface area contributed by atoms with Gasteiger partial charge in [-0.2, -0.15) is 5.26 Å². The van der Waals surface area contributed by atoms with Gasteiger partial charge >= 0.3 is 0 Å². The number of rotatable bonds is 3. The third-order valence-electron chi connectivity index (χ3n) is 3.44. The predicted molar refractivity (Wildman–Crippen MR) is 76.8 cm³/mol. The van der Waals surface area contributed by atoms with Crippen LogP contribution in [0.25, 0.3) is 10.9 Å². The number of fused-ring (bicyclic) bond motifs is 1. The molecule has 0 radical (unpaired) electrons. The monoisotopic (exact) mass is 246 g/mol. The molecule has 1 atom stereocenters. The maximum atomic E-state index is 9.45. The van der Waals surface area contributed by atoms with Gasteiger partial charge in [0.2, 0.25) is 0 Å². The normalized spacial score (nSPS) is 12.2. The molecule has 2 heteroatoms. The van der Waals surface area contributed by atoms with Crippen LogP contribution in [0.15, 0.2) is 60.8 Å².